The lowest BCUT2D eigenvalue weighted by molar-refractivity contribution is 0.0937. The summed E-state index contributed by atoms with van der Waals surface area (Å²) in [4.78, 5) is 11.9. The van der Waals surface area contributed by atoms with Crippen LogP contribution in [0.15, 0.2) is 18.2 Å². The van der Waals surface area contributed by atoms with E-state index in [0.717, 1.165) is 6.42 Å². The molecule has 18 heavy (non-hydrogen) atoms. The lowest BCUT2D eigenvalue weighted by atomic mass is 10.1. The Labute approximate surface area is 107 Å². The van der Waals surface area contributed by atoms with E-state index in [1.807, 2.05) is 6.92 Å². The fourth-order valence-electron chi connectivity index (χ4n) is 1.50. The van der Waals surface area contributed by atoms with Crippen LogP contribution in [0.3, 0.4) is 0 Å². The summed E-state index contributed by atoms with van der Waals surface area (Å²) in [6.07, 6.45) is 0.860. The van der Waals surface area contributed by atoms with Crippen LogP contribution >= 0.6 is 0 Å². The maximum atomic E-state index is 13.7. The zero-order valence-electron chi connectivity index (χ0n) is 10.8. The van der Waals surface area contributed by atoms with E-state index < -0.39 is 5.82 Å². The van der Waals surface area contributed by atoms with Crippen LogP contribution < -0.4 is 10.6 Å². The molecule has 0 fully saturated rings. The summed E-state index contributed by atoms with van der Waals surface area (Å²) in [6, 6.07) is 4.46. The molecule has 0 heterocycles. The summed E-state index contributed by atoms with van der Waals surface area (Å²) in [6.45, 7) is 3.43. The molecule has 0 spiro atoms. The average molecular weight is 254 g/mol. The predicted molar refractivity (Wildman–Crippen MR) is 69.4 cm³/mol. The van der Waals surface area contributed by atoms with Gasteiger partial charge < -0.3 is 15.4 Å². The molecular weight excluding hydrogens is 235 g/mol. The topological polar surface area (TPSA) is 50.4 Å². The highest BCUT2D eigenvalue weighted by molar-refractivity contribution is 5.99. The first kappa shape index (κ1) is 14.4. The lowest BCUT2D eigenvalue weighted by Gasteiger charge is -2.12. The minimum absolute atomic E-state index is 0.259. The van der Waals surface area contributed by atoms with E-state index in [0.29, 0.717) is 25.3 Å². The van der Waals surface area contributed by atoms with Crippen LogP contribution in [-0.2, 0) is 4.74 Å². The standard InChI is InChI=1S/C13H19FN2O2/c1-3-7-15-12-10(5-4-6-11(12)14)13(17)16-8-9-18-2/h4-6,15H,3,7-9H2,1-2H3,(H,16,17). The number of methoxy groups -OCH3 is 1. The predicted octanol–water partition coefficient (Wildman–Crippen LogP) is 2.02. The maximum Gasteiger partial charge on any atom is 0.253 e. The SMILES string of the molecule is CCCNc1c(F)cccc1C(=O)NCCOC. The van der Waals surface area contributed by atoms with E-state index in [4.69, 9.17) is 4.74 Å². The van der Waals surface area contributed by atoms with Crippen molar-refractivity contribution < 1.29 is 13.9 Å². The van der Waals surface area contributed by atoms with Gasteiger partial charge in [-0.05, 0) is 18.6 Å². The van der Waals surface area contributed by atoms with E-state index >= 15 is 0 Å². The van der Waals surface area contributed by atoms with Crippen molar-refractivity contribution in [2.75, 3.05) is 32.1 Å². The Kier molecular flexibility index (Phi) is 6.14. The molecule has 4 nitrogen and oxygen atoms in total. The van der Waals surface area contributed by atoms with E-state index in [-0.39, 0.29) is 11.6 Å². The molecule has 0 saturated carbocycles. The Hall–Kier alpha value is -1.62. The van der Waals surface area contributed by atoms with Gasteiger partial charge in [-0.25, -0.2) is 4.39 Å². The number of rotatable bonds is 7. The maximum absolute atomic E-state index is 13.7. The summed E-state index contributed by atoms with van der Waals surface area (Å²) in [5, 5.41) is 5.61. The van der Waals surface area contributed by atoms with Gasteiger partial charge in [-0.1, -0.05) is 13.0 Å². The number of hydrogen-bond donors (Lipinski definition) is 2. The van der Waals surface area contributed by atoms with Crippen LogP contribution in [0.1, 0.15) is 23.7 Å². The Balaban J connectivity index is 2.79. The second-order valence-electron chi connectivity index (χ2n) is 3.84. The van der Waals surface area contributed by atoms with Gasteiger partial charge in [0.2, 0.25) is 0 Å². The summed E-state index contributed by atoms with van der Waals surface area (Å²) < 4.78 is 18.5. The molecule has 0 atom stereocenters. The Morgan fingerprint density at radius 2 is 2.17 bits per heavy atom. The number of nitrogens with one attached hydrogen (secondary N) is 2. The van der Waals surface area contributed by atoms with Gasteiger partial charge in [0.15, 0.2) is 0 Å². The van der Waals surface area contributed by atoms with E-state index in [1.165, 1.54) is 12.1 Å². The number of anilines is 1. The first-order chi connectivity index (χ1) is 8.70. The molecule has 0 aliphatic carbocycles. The zero-order valence-corrected chi connectivity index (χ0v) is 10.8. The second-order valence-corrected chi connectivity index (χ2v) is 3.84. The van der Waals surface area contributed by atoms with Crippen LogP contribution in [0.25, 0.3) is 0 Å². The monoisotopic (exact) mass is 254 g/mol. The molecule has 0 unspecified atom stereocenters. The van der Waals surface area contributed by atoms with Crippen molar-refractivity contribution in [3.8, 4) is 0 Å². The van der Waals surface area contributed by atoms with Crippen molar-refractivity contribution in [3.63, 3.8) is 0 Å². The molecule has 0 aromatic heterocycles. The number of para-hydroxylation sites is 1. The highest BCUT2D eigenvalue weighted by atomic mass is 19.1. The van der Waals surface area contributed by atoms with Crippen molar-refractivity contribution in [1.29, 1.82) is 0 Å². The van der Waals surface area contributed by atoms with Crippen molar-refractivity contribution in [1.82, 2.24) is 5.32 Å². The number of benzene rings is 1. The molecular formula is C13H19FN2O2. The third kappa shape index (κ3) is 4.00. The van der Waals surface area contributed by atoms with Crippen molar-refractivity contribution in [3.05, 3.63) is 29.6 Å². The molecule has 0 bridgehead atoms. The van der Waals surface area contributed by atoms with Gasteiger partial charge in [0.1, 0.15) is 5.82 Å². The van der Waals surface area contributed by atoms with Gasteiger partial charge in [-0.2, -0.15) is 0 Å². The Morgan fingerprint density at radius 3 is 2.83 bits per heavy atom. The molecule has 2 N–H and O–H groups in total. The normalized spacial score (nSPS) is 10.2. The Morgan fingerprint density at radius 1 is 1.39 bits per heavy atom. The van der Waals surface area contributed by atoms with Crippen molar-refractivity contribution in [2.45, 2.75) is 13.3 Å². The van der Waals surface area contributed by atoms with Crippen LogP contribution in [-0.4, -0.2) is 32.7 Å². The zero-order chi connectivity index (χ0) is 13.4. The Bertz CT molecular complexity index is 397. The minimum Gasteiger partial charge on any atom is -0.383 e. The number of ether oxygens (including phenoxy) is 1. The number of carbonyl (C=O) groups excluding carboxylic acids is 1. The third-order valence-corrected chi connectivity index (χ3v) is 2.40. The number of halogens is 1. The average Bonchev–Trinajstić information content (AvgIpc) is 2.37. The fourth-order valence-corrected chi connectivity index (χ4v) is 1.50. The molecule has 1 aromatic carbocycles. The van der Waals surface area contributed by atoms with Crippen LogP contribution in [0.2, 0.25) is 0 Å². The molecule has 0 saturated heterocycles. The van der Waals surface area contributed by atoms with Crippen LogP contribution in [0.5, 0.6) is 0 Å². The third-order valence-electron chi connectivity index (χ3n) is 2.40. The lowest BCUT2D eigenvalue weighted by Crippen LogP contribution is -2.28. The number of hydrogen-bond acceptors (Lipinski definition) is 3. The minimum atomic E-state index is -0.414. The fraction of sp³-hybridized carbons (Fsp3) is 0.462. The van der Waals surface area contributed by atoms with Gasteiger partial charge in [0, 0.05) is 20.2 Å². The molecule has 1 rings (SSSR count). The van der Waals surface area contributed by atoms with Crippen LogP contribution in [0, 0.1) is 5.82 Å². The first-order valence-corrected chi connectivity index (χ1v) is 6.00. The number of carbonyl (C=O) groups is 1. The van der Waals surface area contributed by atoms with Gasteiger partial charge in [0.05, 0.1) is 17.9 Å². The van der Waals surface area contributed by atoms with E-state index in [1.54, 1.807) is 13.2 Å². The molecule has 1 amide bonds. The van der Waals surface area contributed by atoms with E-state index in [9.17, 15) is 9.18 Å². The molecule has 0 radical (unpaired) electrons. The molecule has 5 heteroatoms. The summed E-state index contributed by atoms with van der Waals surface area (Å²) in [5.74, 6) is -0.715. The van der Waals surface area contributed by atoms with Crippen LogP contribution in [0.4, 0.5) is 10.1 Å². The molecule has 0 aliphatic heterocycles. The van der Waals surface area contributed by atoms with Gasteiger partial charge in [0.25, 0.3) is 5.91 Å². The molecule has 1 aromatic rings. The second kappa shape index (κ2) is 7.66. The van der Waals surface area contributed by atoms with Gasteiger partial charge in [-0.15, -0.1) is 0 Å². The summed E-state index contributed by atoms with van der Waals surface area (Å²) >= 11 is 0. The smallest absolute Gasteiger partial charge is 0.253 e. The highest BCUT2D eigenvalue weighted by Crippen LogP contribution is 2.19. The molecule has 0 aliphatic rings. The first-order valence-electron chi connectivity index (χ1n) is 6.00. The molecule has 100 valence electrons. The summed E-state index contributed by atoms with van der Waals surface area (Å²) in [5.41, 5.74) is 0.578. The van der Waals surface area contributed by atoms with Crippen molar-refractivity contribution >= 4 is 11.6 Å². The van der Waals surface area contributed by atoms with Crippen molar-refractivity contribution in [2.24, 2.45) is 0 Å². The van der Waals surface area contributed by atoms with E-state index in [2.05, 4.69) is 10.6 Å². The summed E-state index contributed by atoms with van der Waals surface area (Å²) in [7, 11) is 1.56. The van der Waals surface area contributed by atoms with Gasteiger partial charge in [-0.3, -0.25) is 4.79 Å². The quantitative estimate of drug-likeness (QED) is 0.732. The largest absolute Gasteiger partial charge is 0.383 e. The van der Waals surface area contributed by atoms with Gasteiger partial charge >= 0.3 is 0 Å². The highest BCUT2D eigenvalue weighted by Gasteiger charge is 2.14. The number of amides is 1.